The minimum Gasteiger partial charge on any atom is -0.491 e. The maximum absolute atomic E-state index is 5.73. The Kier molecular flexibility index (Phi) is 3.98. The molecule has 0 saturated carbocycles. The molecule has 90 valence electrons. The molecule has 2 heteroatoms. The first-order valence-corrected chi connectivity index (χ1v) is 5.83. The van der Waals surface area contributed by atoms with E-state index in [0.717, 1.165) is 5.75 Å². The first-order valence-electron chi connectivity index (χ1n) is 5.83. The highest BCUT2D eigenvalue weighted by Gasteiger charge is 2.18. The van der Waals surface area contributed by atoms with E-state index in [0.29, 0.717) is 0 Å². The summed E-state index contributed by atoms with van der Waals surface area (Å²) in [6, 6.07) is 6.37. The van der Waals surface area contributed by atoms with Gasteiger partial charge < -0.3 is 10.1 Å². The molecular formula is C14H23NO. The van der Waals surface area contributed by atoms with Crippen molar-refractivity contribution in [1.29, 1.82) is 0 Å². The fourth-order valence-electron chi connectivity index (χ4n) is 1.57. The van der Waals surface area contributed by atoms with Gasteiger partial charge in [0.1, 0.15) is 5.75 Å². The second kappa shape index (κ2) is 4.88. The molecule has 0 aromatic heterocycles. The average molecular weight is 221 g/mol. The quantitative estimate of drug-likeness (QED) is 0.842. The van der Waals surface area contributed by atoms with Gasteiger partial charge in [-0.25, -0.2) is 0 Å². The highest BCUT2D eigenvalue weighted by molar-refractivity contribution is 5.38. The van der Waals surface area contributed by atoms with Crippen LogP contribution in [0, 0.1) is 6.92 Å². The Labute approximate surface area is 99.0 Å². The summed E-state index contributed by atoms with van der Waals surface area (Å²) in [5.41, 5.74) is 2.47. The van der Waals surface area contributed by atoms with E-state index in [9.17, 15) is 0 Å². The zero-order chi connectivity index (χ0) is 12.3. The first-order chi connectivity index (χ1) is 7.36. The standard InChI is InChI=1S/C14H23NO/c1-10(2)16-13-8-7-12(9-11(13)3)14(4,5)15-6/h7-10,15H,1-6H3. The SMILES string of the molecule is CNC(C)(C)c1ccc(OC(C)C)c(C)c1. The molecule has 0 aliphatic rings. The Hall–Kier alpha value is -1.02. The number of ether oxygens (including phenoxy) is 1. The fourth-order valence-corrected chi connectivity index (χ4v) is 1.57. The van der Waals surface area contributed by atoms with Gasteiger partial charge in [-0.05, 0) is 58.9 Å². The van der Waals surface area contributed by atoms with E-state index in [-0.39, 0.29) is 11.6 Å². The lowest BCUT2D eigenvalue weighted by atomic mass is 9.93. The van der Waals surface area contributed by atoms with Crippen LogP contribution in [0.2, 0.25) is 0 Å². The Morgan fingerprint density at radius 2 is 1.88 bits per heavy atom. The molecule has 0 spiro atoms. The van der Waals surface area contributed by atoms with Crippen molar-refractivity contribution in [1.82, 2.24) is 5.32 Å². The van der Waals surface area contributed by atoms with Crippen LogP contribution in [0.3, 0.4) is 0 Å². The molecule has 0 unspecified atom stereocenters. The summed E-state index contributed by atoms with van der Waals surface area (Å²) in [6.07, 6.45) is 0.224. The molecule has 0 aliphatic heterocycles. The molecule has 0 atom stereocenters. The van der Waals surface area contributed by atoms with Crippen molar-refractivity contribution in [3.8, 4) is 5.75 Å². The number of hydrogen-bond donors (Lipinski definition) is 1. The van der Waals surface area contributed by atoms with Gasteiger partial charge in [0, 0.05) is 5.54 Å². The van der Waals surface area contributed by atoms with Gasteiger partial charge in [-0.1, -0.05) is 12.1 Å². The van der Waals surface area contributed by atoms with Gasteiger partial charge >= 0.3 is 0 Å². The molecule has 0 amide bonds. The fraction of sp³-hybridized carbons (Fsp3) is 0.571. The van der Waals surface area contributed by atoms with E-state index < -0.39 is 0 Å². The summed E-state index contributed by atoms with van der Waals surface area (Å²) in [5.74, 6) is 0.977. The van der Waals surface area contributed by atoms with Crippen LogP contribution in [-0.4, -0.2) is 13.2 Å². The molecule has 0 radical (unpaired) electrons. The summed E-state index contributed by atoms with van der Waals surface area (Å²) in [6.45, 7) is 10.5. The highest BCUT2D eigenvalue weighted by Crippen LogP contribution is 2.26. The Morgan fingerprint density at radius 1 is 1.25 bits per heavy atom. The van der Waals surface area contributed by atoms with Crippen LogP contribution in [-0.2, 0) is 5.54 Å². The maximum Gasteiger partial charge on any atom is 0.122 e. The average Bonchev–Trinajstić information content (AvgIpc) is 2.20. The van der Waals surface area contributed by atoms with Crippen LogP contribution in [0.1, 0.15) is 38.8 Å². The number of aryl methyl sites for hydroxylation is 1. The van der Waals surface area contributed by atoms with Crippen molar-refractivity contribution in [2.75, 3.05) is 7.05 Å². The lowest BCUT2D eigenvalue weighted by molar-refractivity contribution is 0.240. The lowest BCUT2D eigenvalue weighted by Gasteiger charge is -2.25. The molecule has 2 nitrogen and oxygen atoms in total. The van der Waals surface area contributed by atoms with E-state index in [1.54, 1.807) is 0 Å². The predicted octanol–water partition coefficient (Wildman–Crippen LogP) is 3.24. The van der Waals surface area contributed by atoms with Crippen molar-refractivity contribution in [2.45, 2.75) is 46.3 Å². The zero-order valence-electron chi connectivity index (χ0n) is 11.2. The number of benzene rings is 1. The van der Waals surface area contributed by atoms with Crippen molar-refractivity contribution < 1.29 is 4.74 Å². The van der Waals surface area contributed by atoms with Gasteiger partial charge in [-0.2, -0.15) is 0 Å². The van der Waals surface area contributed by atoms with E-state index in [4.69, 9.17) is 4.74 Å². The van der Waals surface area contributed by atoms with Crippen molar-refractivity contribution in [3.63, 3.8) is 0 Å². The van der Waals surface area contributed by atoms with Crippen LogP contribution in [0.15, 0.2) is 18.2 Å². The Balaban J connectivity index is 2.99. The summed E-state index contributed by atoms with van der Waals surface area (Å²) < 4.78 is 5.73. The van der Waals surface area contributed by atoms with E-state index >= 15 is 0 Å². The molecule has 0 aliphatic carbocycles. The molecule has 1 N–H and O–H groups in total. The van der Waals surface area contributed by atoms with Crippen LogP contribution in [0.25, 0.3) is 0 Å². The number of nitrogens with one attached hydrogen (secondary N) is 1. The van der Waals surface area contributed by atoms with Crippen molar-refractivity contribution in [2.24, 2.45) is 0 Å². The van der Waals surface area contributed by atoms with Crippen molar-refractivity contribution >= 4 is 0 Å². The lowest BCUT2D eigenvalue weighted by Crippen LogP contribution is -2.33. The summed E-state index contributed by atoms with van der Waals surface area (Å²) in [5, 5.41) is 3.30. The predicted molar refractivity (Wildman–Crippen MR) is 69.0 cm³/mol. The summed E-state index contributed by atoms with van der Waals surface area (Å²) in [7, 11) is 1.98. The van der Waals surface area contributed by atoms with Gasteiger partial charge in [-0.15, -0.1) is 0 Å². The second-order valence-electron chi connectivity index (χ2n) is 5.02. The van der Waals surface area contributed by atoms with Crippen LogP contribution >= 0.6 is 0 Å². The molecule has 1 aromatic carbocycles. The summed E-state index contributed by atoms with van der Waals surface area (Å²) >= 11 is 0. The number of hydrogen-bond acceptors (Lipinski definition) is 2. The summed E-state index contributed by atoms with van der Waals surface area (Å²) in [4.78, 5) is 0. The largest absolute Gasteiger partial charge is 0.491 e. The molecule has 1 aromatic rings. The normalized spacial score (nSPS) is 11.9. The van der Waals surface area contributed by atoms with E-state index in [2.05, 4.69) is 44.3 Å². The molecule has 0 saturated heterocycles. The minimum atomic E-state index is 0.00111. The topological polar surface area (TPSA) is 21.3 Å². The third-order valence-corrected chi connectivity index (χ3v) is 2.88. The minimum absolute atomic E-state index is 0.00111. The van der Waals surface area contributed by atoms with Gasteiger partial charge in [-0.3, -0.25) is 0 Å². The monoisotopic (exact) mass is 221 g/mol. The second-order valence-corrected chi connectivity index (χ2v) is 5.02. The third kappa shape index (κ3) is 2.99. The Bertz CT molecular complexity index is 356. The van der Waals surface area contributed by atoms with E-state index in [1.165, 1.54) is 11.1 Å². The maximum atomic E-state index is 5.73. The molecule has 0 bridgehead atoms. The Morgan fingerprint density at radius 3 is 2.31 bits per heavy atom. The molecular weight excluding hydrogens is 198 g/mol. The van der Waals surface area contributed by atoms with E-state index in [1.807, 2.05) is 20.9 Å². The molecule has 0 heterocycles. The number of rotatable bonds is 4. The molecule has 1 rings (SSSR count). The van der Waals surface area contributed by atoms with Gasteiger partial charge in [0.15, 0.2) is 0 Å². The van der Waals surface area contributed by atoms with Crippen LogP contribution < -0.4 is 10.1 Å². The molecule has 0 fully saturated rings. The van der Waals surface area contributed by atoms with Gasteiger partial charge in [0.05, 0.1) is 6.10 Å². The highest BCUT2D eigenvalue weighted by atomic mass is 16.5. The molecule has 16 heavy (non-hydrogen) atoms. The zero-order valence-corrected chi connectivity index (χ0v) is 11.2. The van der Waals surface area contributed by atoms with Crippen molar-refractivity contribution in [3.05, 3.63) is 29.3 Å². The first kappa shape index (κ1) is 13.0. The van der Waals surface area contributed by atoms with Crippen LogP contribution in [0.4, 0.5) is 0 Å². The third-order valence-electron chi connectivity index (χ3n) is 2.88. The van der Waals surface area contributed by atoms with Gasteiger partial charge in [0.2, 0.25) is 0 Å². The smallest absolute Gasteiger partial charge is 0.122 e. The van der Waals surface area contributed by atoms with Gasteiger partial charge in [0.25, 0.3) is 0 Å². The van der Waals surface area contributed by atoms with Crippen LogP contribution in [0.5, 0.6) is 5.75 Å².